The minimum Gasteiger partial charge on any atom is -0.311 e. The van der Waals surface area contributed by atoms with Crippen molar-refractivity contribution >= 4 is 102 Å². The molecule has 0 amide bonds. The van der Waals surface area contributed by atoms with Crippen LogP contribution in [0, 0.1) is 27.7 Å². The van der Waals surface area contributed by atoms with Crippen LogP contribution < -0.4 is 9.80 Å². The Kier molecular flexibility index (Phi) is 16.5. The lowest BCUT2D eigenvalue weighted by molar-refractivity contribution is 0.522. The van der Waals surface area contributed by atoms with E-state index in [1.807, 2.05) is 0 Å². The van der Waals surface area contributed by atoms with Crippen molar-refractivity contribution in [1.82, 2.24) is 0 Å². The zero-order chi connectivity index (χ0) is 66.0. The molecule has 0 unspecified atom stereocenters. The van der Waals surface area contributed by atoms with Crippen LogP contribution in [0.2, 0.25) is 0 Å². The third-order valence-corrected chi connectivity index (χ3v) is 19.6. The van der Waals surface area contributed by atoms with Gasteiger partial charge in [0.05, 0.1) is 0 Å². The summed E-state index contributed by atoms with van der Waals surface area (Å²) in [7, 11) is 0. The third kappa shape index (κ3) is 13.0. The van der Waals surface area contributed by atoms with Crippen LogP contribution in [-0.4, -0.2) is 0 Å². The fourth-order valence-electron chi connectivity index (χ4n) is 13.5. The summed E-state index contributed by atoms with van der Waals surface area (Å²) in [4.78, 5) is 4.73. The smallest absolute Gasteiger partial charge is 0.0464 e. The molecule has 0 saturated carbocycles. The average molecular weight is 1220 g/mol. The Bertz CT molecular complexity index is 4910. The van der Waals surface area contributed by atoms with Crippen LogP contribution in [0.25, 0.3) is 78.5 Å². The van der Waals surface area contributed by atoms with Gasteiger partial charge in [-0.2, -0.15) is 0 Å². The molecule has 2 heteroatoms. The zero-order valence-electron chi connectivity index (χ0n) is 57.9. The largest absolute Gasteiger partial charge is 0.311 e. The summed E-state index contributed by atoms with van der Waals surface area (Å²) in [6.07, 6.45) is 9.70. The molecule has 0 bridgehead atoms. The minimum absolute atomic E-state index is 0.00655. The predicted octanol–water partition coefficient (Wildman–Crippen LogP) is 26.3. The Balaban J connectivity index is 0.738. The van der Waals surface area contributed by atoms with E-state index in [0.29, 0.717) is 0 Å². The molecule has 0 atom stereocenters. The Morgan fingerprint density at radius 1 is 0.277 bits per heavy atom. The predicted molar refractivity (Wildman–Crippen MR) is 411 cm³/mol. The number of benzene rings is 13. The molecule has 13 aromatic rings. The lowest BCUT2D eigenvalue weighted by Gasteiger charge is -2.31. The summed E-state index contributed by atoms with van der Waals surface area (Å²) in [5, 5.41) is 10.9. The van der Waals surface area contributed by atoms with Crippen LogP contribution in [0.1, 0.15) is 148 Å². The van der Waals surface area contributed by atoms with Gasteiger partial charge in [0.15, 0.2) is 0 Å². The second-order valence-electron chi connectivity index (χ2n) is 30.5. The lowest BCUT2D eigenvalue weighted by Crippen LogP contribution is -2.22. The summed E-state index contributed by atoms with van der Waals surface area (Å²) >= 11 is 0. The number of hydrogen-bond acceptors (Lipinski definition) is 2. The molecule has 0 aromatic heterocycles. The van der Waals surface area contributed by atoms with Crippen molar-refractivity contribution in [2.75, 3.05) is 9.80 Å². The van der Waals surface area contributed by atoms with Crippen molar-refractivity contribution in [3.05, 3.63) is 309 Å². The molecule has 0 aliphatic carbocycles. The van der Waals surface area contributed by atoms with Gasteiger partial charge in [-0.1, -0.05) is 257 Å². The summed E-state index contributed by atoms with van der Waals surface area (Å²) in [6.45, 7) is 34.8. The molecular formula is C92H90N2. The SMILES string of the molecule is Cc1ccc(N(c2ccc(C)cc2)c2ccc(/C=C/c3ccc(-c4ccc(/C=C/c5ccc(N(c6ccc(C)cc6)c6ccc(C)c(CC(C)(C)c7cc8cc(C(C)(C)C)cc9c%10cc(C(C)(C)C)cc%11cc(C(C)(C)C)cc(c(c7)c89)c%11%10)c6)cc5)cc4)cc3)cc2)cc1. The van der Waals surface area contributed by atoms with Crippen molar-refractivity contribution in [3.8, 4) is 11.1 Å². The van der Waals surface area contributed by atoms with E-state index in [-0.39, 0.29) is 21.7 Å². The van der Waals surface area contributed by atoms with Gasteiger partial charge in [-0.25, -0.2) is 0 Å². The van der Waals surface area contributed by atoms with E-state index >= 15 is 0 Å². The van der Waals surface area contributed by atoms with Gasteiger partial charge in [0, 0.05) is 34.1 Å². The number of anilines is 6. The summed E-state index contributed by atoms with van der Waals surface area (Å²) < 4.78 is 0. The van der Waals surface area contributed by atoms with Gasteiger partial charge in [0.25, 0.3) is 0 Å². The molecule has 0 fully saturated rings. The molecule has 0 saturated heterocycles. The Labute approximate surface area is 559 Å². The van der Waals surface area contributed by atoms with E-state index in [2.05, 4.69) is 375 Å². The fraction of sp³-hybridized carbons (Fsp3) is 0.217. The minimum atomic E-state index is -0.207. The highest BCUT2D eigenvalue weighted by Crippen LogP contribution is 2.48. The Hall–Kier alpha value is -9.76. The maximum absolute atomic E-state index is 2.57. The molecule has 0 heterocycles. The van der Waals surface area contributed by atoms with Gasteiger partial charge in [0.2, 0.25) is 0 Å². The van der Waals surface area contributed by atoms with Gasteiger partial charge < -0.3 is 9.80 Å². The summed E-state index contributed by atoms with van der Waals surface area (Å²) in [5.74, 6) is 0. The van der Waals surface area contributed by atoms with Crippen LogP contribution in [0.15, 0.2) is 237 Å². The monoisotopic (exact) mass is 1220 g/mol. The number of nitrogens with zero attached hydrogens (tertiary/aromatic N) is 2. The van der Waals surface area contributed by atoms with Gasteiger partial charge in [-0.15, -0.1) is 0 Å². The highest BCUT2D eigenvalue weighted by molar-refractivity contribution is 6.33. The highest BCUT2D eigenvalue weighted by Gasteiger charge is 2.29. The third-order valence-electron chi connectivity index (χ3n) is 19.6. The molecule has 0 radical (unpaired) electrons. The summed E-state index contributed by atoms with van der Waals surface area (Å²) in [6, 6.07) is 89.2. The topological polar surface area (TPSA) is 6.48 Å². The molecule has 2 nitrogen and oxygen atoms in total. The Morgan fingerprint density at radius 2 is 0.543 bits per heavy atom. The average Bonchev–Trinajstić information content (AvgIpc) is 0.703. The molecule has 0 aliphatic heterocycles. The van der Waals surface area contributed by atoms with Gasteiger partial charge in [0.1, 0.15) is 0 Å². The first-order valence-corrected chi connectivity index (χ1v) is 33.7. The normalized spacial score (nSPS) is 12.6. The first kappa shape index (κ1) is 63.0. The zero-order valence-corrected chi connectivity index (χ0v) is 57.9. The van der Waals surface area contributed by atoms with Gasteiger partial charge in [-0.3, -0.25) is 0 Å². The molecule has 13 rings (SSSR count). The maximum atomic E-state index is 2.57. The molecule has 0 N–H and O–H groups in total. The van der Waals surface area contributed by atoms with E-state index in [1.54, 1.807) is 0 Å². The maximum Gasteiger partial charge on any atom is 0.0464 e. The highest BCUT2D eigenvalue weighted by atomic mass is 15.1. The van der Waals surface area contributed by atoms with Crippen molar-refractivity contribution in [3.63, 3.8) is 0 Å². The fourth-order valence-corrected chi connectivity index (χ4v) is 13.5. The first-order valence-electron chi connectivity index (χ1n) is 33.7. The van der Waals surface area contributed by atoms with Gasteiger partial charge in [-0.05, 0) is 263 Å². The van der Waals surface area contributed by atoms with Gasteiger partial charge >= 0.3 is 0 Å². The van der Waals surface area contributed by atoms with Crippen molar-refractivity contribution in [2.45, 2.75) is 132 Å². The van der Waals surface area contributed by atoms with Crippen molar-refractivity contribution in [2.24, 2.45) is 0 Å². The second-order valence-corrected chi connectivity index (χ2v) is 30.5. The molecule has 0 aliphatic rings. The number of aryl methyl sites for hydroxylation is 4. The van der Waals surface area contributed by atoms with Crippen LogP contribution >= 0.6 is 0 Å². The lowest BCUT2D eigenvalue weighted by atomic mass is 9.74. The van der Waals surface area contributed by atoms with E-state index in [4.69, 9.17) is 0 Å². The quantitative estimate of drug-likeness (QED) is 0.0608. The number of rotatable bonds is 14. The molecule has 94 heavy (non-hydrogen) atoms. The van der Waals surface area contributed by atoms with E-state index in [0.717, 1.165) is 62.8 Å². The summed E-state index contributed by atoms with van der Waals surface area (Å²) in [5.41, 5.74) is 25.5. The van der Waals surface area contributed by atoms with E-state index < -0.39 is 0 Å². The molecule has 468 valence electrons. The van der Waals surface area contributed by atoms with Crippen molar-refractivity contribution in [1.29, 1.82) is 0 Å². The van der Waals surface area contributed by atoms with Crippen LogP contribution in [0.4, 0.5) is 34.1 Å². The molecular weight excluding hydrogens is 1130 g/mol. The number of hydrogen-bond donors (Lipinski definition) is 0. The van der Waals surface area contributed by atoms with E-state index in [9.17, 15) is 0 Å². The first-order chi connectivity index (χ1) is 44.8. The Morgan fingerprint density at radius 3 is 0.862 bits per heavy atom. The van der Waals surface area contributed by atoms with E-state index in [1.165, 1.54) is 104 Å². The van der Waals surface area contributed by atoms with Crippen LogP contribution in [0.5, 0.6) is 0 Å². The molecule has 0 spiro atoms. The second kappa shape index (κ2) is 24.6. The number of fused-ring (bicyclic) bond motifs is 2. The molecule has 13 aromatic carbocycles. The van der Waals surface area contributed by atoms with Crippen LogP contribution in [-0.2, 0) is 28.1 Å². The van der Waals surface area contributed by atoms with Crippen molar-refractivity contribution < 1.29 is 0 Å². The standard InChI is InChI=1S/C92H90N2/c1-60-16-39-77(40-17-60)93(78-41-18-61(2)19-42-78)80-46-31-66(32-47-80)25-23-64-27-35-68(36-28-64)69-37-29-65(30-38-69)24-26-67-33-48-81(49-34-67)94(79-43-20-62(3)21-44-79)82-45-22-63(4)72(54-82)59-92(14,15)76-53-71-52-75(91(11,12)13)56-84-83-55-73(89(5,6)7)50-70-51-74(90(8,9)10)57-85(87(70)83)86(58-76)88(71)84/h16-58H,59H2,1-15H3/b25-23+,26-24+. The van der Waals surface area contributed by atoms with Crippen LogP contribution in [0.3, 0.4) is 0 Å².